The van der Waals surface area contributed by atoms with Crippen molar-refractivity contribution in [3.63, 3.8) is 0 Å². The van der Waals surface area contributed by atoms with Crippen molar-refractivity contribution in [2.45, 2.75) is 31.7 Å². The van der Waals surface area contributed by atoms with Crippen molar-refractivity contribution in [1.82, 2.24) is 10.2 Å². The van der Waals surface area contributed by atoms with Crippen LogP contribution in [-0.2, 0) is 10.3 Å². The summed E-state index contributed by atoms with van der Waals surface area (Å²) >= 11 is 0. The minimum absolute atomic E-state index is 0.0693. The third kappa shape index (κ3) is 4.33. The lowest BCUT2D eigenvalue weighted by atomic mass is 9.79. The smallest absolute Gasteiger partial charge is 0.225 e. The highest BCUT2D eigenvalue weighted by Gasteiger charge is 2.37. The maximum Gasteiger partial charge on any atom is 0.225 e. The van der Waals surface area contributed by atoms with Gasteiger partial charge >= 0.3 is 0 Å². The molecule has 1 N–H and O–H groups in total. The lowest BCUT2D eigenvalue weighted by Crippen LogP contribution is -2.50. The summed E-state index contributed by atoms with van der Waals surface area (Å²) in [5, 5.41) is 3.29. The molecule has 0 aromatic heterocycles. The van der Waals surface area contributed by atoms with Gasteiger partial charge in [0.05, 0.1) is 18.6 Å². The van der Waals surface area contributed by atoms with E-state index in [1.807, 2.05) is 44.2 Å². The van der Waals surface area contributed by atoms with Crippen LogP contribution in [0, 0.1) is 5.92 Å². The van der Waals surface area contributed by atoms with Crippen LogP contribution in [0.5, 0.6) is 5.75 Å². The fraction of sp³-hybridized carbons (Fsp3) is 0.435. The van der Waals surface area contributed by atoms with Crippen LogP contribution in [0.15, 0.2) is 54.6 Å². The highest BCUT2D eigenvalue weighted by Crippen LogP contribution is 2.35. The van der Waals surface area contributed by atoms with E-state index in [-0.39, 0.29) is 17.7 Å². The maximum absolute atomic E-state index is 13.3. The molecule has 3 rings (SSSR count). The lowest BCUT2D eigenvalue weighted by molar-refractivity contribution is -0.129. The van der Waals surface area contributed by atoms with E-state index in [4.69, 9.17) is 4.74 Å². The normalized spacial score (nSPS) is 20.9. The molecule has 1 aliphatic heterocycles. The number of piperidine rings is 1. The van der Waals surface area contributed by atoms with E-state index in [0.717, 1.165) is 30.8 Å². The van der Waals surface area contributed by atoms with Crippen LogP contribution in [0.2, 0.25) is 0 Å². The Bertz CT molecular complexity index is 773. The van der Waals surface area contributed by atoms with Gasteiger partial charge in [-0.3, -0.25) is 4.79 Å². The minimum Gasteiger partial charge on any atom is -0.496 e. The van der Waals surface area contributed by atoms with Gasteiger partial charge in [-0.25, -0.2) is 0 Å². The number of amides is 1. The predicted octanol–water partition coefficient (Wildman–Crippen LogP) is 3.78. The minimum atomic E-state index is -0.513. The van der Waals surface area contributed by atoms with E-state index >= 15 is 0 Å². The molecule has 1 amide bonds. The number of ether oxygens (including phenoxy) is 1. The van der Waals surface area contributed by atoms with Crippen LogP contribution in [0.3, 0.4) is 0 Å². The van der Waals surface area contributed by atoms with E-state index in [2.05, 4.69) is 41.5 Å². The monoisotopic (exact) mass is 366 g/mol. The molecule has 144 valence electrons. The van der Waals surface area contributed by atoms with Gasteiger partial charge in [-0.15, -0.1) is 0 Å². The zero-order valence-electron chi connectivity index (χ0n) is 16.7. The first-order valence-corrected chi connectivity index (χ1v) is 9.61. The zero-order chi connectivity index (χ0) is 19.4. The van der Waals surface area contributed by atoms with Gasteiger partial charge in [0.1, 0.15) is 5.75 Å². The van der Waals surface area contributed by atoms with Crippen LogP contribution in [-0.4, -0.2) is 38.1 Å². The number of hydrogen-bond acceptors (Lipinski definition) is 3. The lowest BCUT2D eigenvalue weighted by Gasteiger charge is -2.38. The molecule has 0 spiro atoms. The summed E-state index contributed by atoms with van der Waals surface area (Å²) < 4.78 is 5.51. The van der Waals surface area contributed by atoms with Gasteiger partial charge in [-0.05, 0) is 51.4 Å². The number of nitrogens with zero attached hydrogens (tertiary/aromatic N) is 1. The standard InChI is InChI=1S/C23H30N2O2/c1-23(2,20-12-8-9-13-21(20)27-4)24-22(26)19-16-25(3)15-14-18(19)17-10-6-5-7-11-17/h5-13,18-19H,14-16H2,1-4H3,(H,24,26)/t18-,19+/m0/s1. The van der Waals surface area contributed by atoms with Crippen LogP contribution in [0.4, 0.5) is 0 Å². The summed E-state index contributed by atoms with van der Waals surface area (Å²) in [4.78, 5) is 15.6. The van der Waals surface area contributed by atoms with Crippen LogP contribution in [0.1, 0.15) is 37.3 Å². The number of para-hydroxylation sites is 1. The summed E-state index contributed by atoms with van der Waals surface area (Å²) in [5.41, 5.74) is 1.73. The molecule has 1 saturated heterocycles. The molecule has 0 aliphatic carbocycles. The number of rotatable bonds is 5. The van der Waals surface area contributed by atoms with Gasteiger partial charge in [0, 0.05) is 12.1 Å². The van der Waals surface area contributed by atoms with Crippen molar-refractivity contribution in [2.75, 3.05) is 27.2 Å². The van der Waals surface area contributed by atoms with Crippen LogP contribution >= 0.6 is 0 Å². The molecule has 27 heavy (non-hydrogen) atoms. The molecular weight excluding hydrogens is 336 g/mol. The Balaban J connectivity index is 1.83. The molecular formula is C23H30N2O2. The third-order valence-electron chi connectivity index (χ3n) is 5.60. The van der Waals surface area contributed by atoms with Crippen molar-refractivity contribution >= 4 is 5.91 Å². The van der Waals surface area contributed by atoms with Crippen LogP contribution in [0.25, 0.3) is 0 Å². The Labute approximate surface area is 162 Å². The van der Waals surface area contributed by atoms with Crippen molar-refractivity contribution in [2.24, 2.45) is 5.92 Å². The summed E-state index contributed by atoms with van der Waals surface area (Å²) in [5.74, 6) is 1.07. The Morgan fingerprint density at radius 3 is 2.48 bits per heavy atom. The number of methoxy groups -OCH3 is 1. The molecule has 0 bridgehead atoms. The number of carbonyl (C=O) groups excluding carboxylic acids is 1. The zero-order valence-corrected chi connectivity index (χ0v) is 16.7. The topological polar surface area (TPSA) is 41.6 Å². The summed E-state index contributed by atoms with van der Waals surface area (Å²) in [6.07, 6.45) is 0.994. The van der Waals surface area contributed by atoms with Gasteiger partial charge < -0.3 is 15.0 Å². The predicted molar refractivity (Wildman–Crippen MR) is 109 cm³/mol. The summed E-state index contributed by atoms with van der Waals surface area (Å²) in [7, 11) is 3.76. The molecule has 2 aromatic carbocycles. The van der Waals surface area contributed by atoms with Gasteiger partial charge in [0.2, 0.25) is 5.91 Å². The van der Waals surface area contributed by atoms with E-state index in [0.29, 0.717) is 0 Å². The first kappa shape index (κ1) is 19.4. The average Bonchev–Trinajstić information content (AvgIpc) is 2.68. The molecule has 0 unspecified atom stereocenters. The maximum atomic E-state index is 13.3. The Hall–Kier alpha value is -2.33. The van der Waals surface area contributed by atoms with Crippen molar-refractivity contribution in [3.8, 4) is 5.75 Å². The fourth-order valence-electron chi connectivity index (χ4n) is 4.11. The van der Waals surface area contributed by atoms with Gasteiger partial charge in [-0.2, -0.15) is 0 Å². The molecule has 0 radical (unpaired) electrons. The fourth-order valence-corrected chi connectivity index (χ4v) is 4.11. The SMILES string of the molecule is COc1ccccc1C(C)(C)NC(=O)[C@@H]1CN(C)CC[C@H]1c1ccccc1. The average molecular weight is 367 g/mol. The summed E-state index contributed by atoms with van der Waals surface area (Å²) in [6.45, 7) is 5.85. The largest absolute Gasteiger partial charge is 0.496 e. The molecule has 4 heteroatoms. The van der Waals surface area contributed by atoms with Crippen molar-refractivity contribution < 1.29 is 9.53 Å². The number of nitrogens with one attached hydrogen (secondary N) is 1. The number of carbonyl (C=O) groups is 1. The second-order valence-corrected chi connectivity index (χ2v) is 7.99. The highest BCUT2D eigenvalue weighted by molar-refractivity contribution is 5.81. The Morgan fingerprint density at radius 2 is 1.78 bits per heavy atom. The molecule has 1 aliphatic rings. The van der Waals surface area contributed by atoms with Crippen LogP contribution < -0.4 is 10.1 Å². The van der Waals surface area contributed by atoms with E-state index < -0.39 is 5.54 Å². The van der Waals surface area contributed by atoms with E-state index in [1.165, 1.54) is 5.56 Å². The molecule has 4 nitrogen and oxygen atoms in total. The van der Waals surface area contributed by atoms with E-state index in [1.54, 1.807) is 7.11 Å². The van der Waals surface area contributed by atoms with Gasteiger partial charge in [0.25, 0.3) is 0 Å². The van der Waals surface area contributed by atoms with E-state index in [9.17, 15) is 4.79 Å². The van der Waals surface area contributed by atoms with Gasteiger partial charge in [0.15, 0.2) is 0 Å². The first-order chi connectivity index (χ1) is 12.9. The molecule has 1 heterocycles. The number of likely N-dealkylation sites (tertiary alicyclic amines) is 1. The van der Waals surface area contributed by atoms with Crippen molar-refractivity contribution in [3.05, 3.63) is 65.7 Å². The Kier molecular flexibility index (Phi) is 5.85. The molecule has 2 aromatic rings. The summed E-state index contributed by atoms with van der Waals surface area (Å²) in [6, 6.07) is 18.3. The number of benzene rings is 2. The quantitative estimate of drug-likeness (QED) is 0.875. The Morgan fingerprint density at radius 1 is 1.11 bits per heavy atom. The second-order valence-electron chi connectivity index (χ2n) is 7.99. The third-order valence-corrected chi connectivity index (χ3v) is 5.60. The highest BCUT2D eigenvalue weighted by atomic mass is 16.5. The number of hydrogen-bond donors (Lipinski definition) is 1. The molecule has 0 saturated carbocycles. The first-order valence-electron chi connectivity index (χ1n) is 9.61. The van der Waals surface area contributed by atoms with Crippen molar-refractivity contribution in [1.29, 1.82) is 0 Å². The molecule has 2 atom stereocenters. The molecule has 1 fully saturated rings. The van der Waals surface area contributed by atoms with Gasteiger partial charge in [-0.1, -0.05) is 48.5 Å². The second kappa shape index (κ2) is 8.13.